The van der Waals surface area contributed by atoms with Crippen molar-refractivity contribution in [2.75, 3.05) is 18.0 Å². The molecule has 1 atom stereocenters. The van der Waals surface area contributed by atoms with Crippen LogP contribution >= 0.6 is 23.2 Å². The Hall–Kier alpha value is -3.27. The number of nitrogens with one attached hydrogen (secondary N) is 1. The lowest BCUT2D eigenvalue weighted by atomic mass is 10.1. The fourth-order valence-corrected chi connectivity index (χ4v) is 7.03. The Morgan fingerprint density at radius 3 is 2.36 bits per heavy atom. The van der Waals surface area contributed by atoms with Crippen molar-refractivity contribution < 1.29 is 22.7 Å². The standard InChI is InChI=1S/C31H35Cl2N3O5S/c1-3-29(31(38)34-24-10-7-8-11-24)35(20-22-16-17-23(32)18-28(22)33)30(37)21-36(25-12-9-13-26(19-25)41-2)42(39,40)27-14-5-4-6-15-27/h4-6,9,12-19,24,29H,3,7-8,10-11,20-21H2,1-2H3,(H,34,38)/t29-/m1/s1. The van der Waals surface area contributed by atoms with Crippen LogP contribution in [0.4, 0.5) is 5.69 Å². The first-order valence-corrected chi connectivity index (χ1v) is 16.1. The number of sulfonamides is 1. The number of rotatable bonds is 12. The van der Waals surface area contributed by atoms with Crippen LogP contribution in [0, 0.1) is 0 Å². The molecule has 0 spiro atoms. The summed E-state index contributed by atoms with van der Waals surface area (Å²) in [5.74, 6) is -0.404. The molecular formula is C31H35Cl2N3O5S. The summed E-state index contributed by atoms with van der Waals surface area (Å²) < 4.78 is 34.3. The molecule has 224 valence electrons. The number of nitrogens with zero attached hydrogens (tertiary/aromatic N) is 2. The van der Waals surface area contributed by atoms with Gasteiger partial charge in [-0.05, 0) is 61.2 Å². The fourth-order valence-electron chi connectivity index (χ4n) is 5.13. The molecule has 1 aliphatic carbocycles. The summed E-state index contributed by atoms with van der Waals surface area (Å²) in [5, 5.41) is 3.87. The van der Waals surface area contributed by atoms with E-state index in [-0.39, 0.29) is 29.1 Å². The zero-order valence-electron chi connectivity index (χ0n) is 23.6. The predicted octanol–water partition coefficient (Wildman–Crippen LogP) is 6.06. The average molecular weight is 633 g/mol. The number of hydrogen-bond donors (Lipinski definition) is 1. The van der Waals surface area contributed by atoms with Gasteiger partial charge in [-0.2, -0.15) is 0 Å². The molecule has 0 aromatic heterocycles. The van der Waals surface area contributed by atoms with E-state index in [2.05, 4.69) is 5.32 Å². The molecule has 1 fully saturated rings. The highest BCUT2D eigenvalue weighted by Crippen LogP contribution is 2.29. The van der Waals surface area contributed by atoms with Gasteiger partial charge in [0.1, 0.15) is 18.3 Å². The smallest absolute Gasteiger partial charge is 0.264 e. The monoisotopic (exact) mass is 631 g/mol. The van der Waals surface area contributed by atoms with Crippen molar-refractivity contribution in [1.29, 1.82) is 0 Å². The molecule has 1 saturated carbocycles. The van der Waals surface area contributed by atoms with Gasteiger partial charge in [-0.1, -0.05) is 73.3 Å². The van der Waals surface area contributed by atoms with Gasteiger partial charge in [0.05, 0.1) is 17.7 Å². The fraction of sp³-hybridized carbons (Fsp3) is 0.355. The minimum absolute atomic E-state index is 0.0111. The molecule has 42 heavy (non-hydrogen) atoms. The number of methoxy groups -OCH3 is 1. The molecule has 0 aliphatic heterocycles. The van der Waals surface area contributed by atoms with Crippen molar-refractivity contribution in [3.05, 3.63) is 88.4 Å². The van der Waals surface area contributed by atoms with Crippen molar-refractivity contribution in [1.82, 2.24) is 10.2 Å². The first-order valence-electron chi connectivity index (χ1n) is 13.9. The van der Waals surface area contributed by atoms with Crippen LogP contribution in [0.25, 0.3) is 0 Å². The van der Waals surface area contributed by atoms with Gasteiger partial charge >= 0.3 is 0 Å². The van der Waals surface area contributed by atoms with Gasteiger partial charge in [-0.3, -0.25) is 13.9 Å². The first-order chi connectivity index (χ1) is 20.1. The van der Waals surface area contributed by atoms with Crippen LogP contribution in [0.15, 0.2) is 77.7 Å². The maximum atomic E-state index is 14.2. The number of carbonyl (C=O) groups excluding carboxylic acids is 2. The molecule has 1 N–H and O–H groups in total. The van der Waals surface area contributed by atoms with Crippen LogP contribution in [0.3, 0.4) is 0 Å². The number of amides is 2. The van der Waals surface area contributed by atoms with Gasteiger partial charge in [-0.25, -0.2) is 8.42 Å². The van der Waals surface area contributed by atoms with E-state index in [4.69, 9.17) is 27.9 Å². The Labute approximate surface area is 257 Å². The molecule has 0 unspecified atom stereocenters. The SMILES string of the molecule is CC[C@H](C(=O)NC1CCCC1)N(Cc1ccc(Cl)cc1Cl)C(=O)CN(c1cccc(OC)c1)S(=O)(=O)c1ccccc1. The van der Waals surface area contributed by atoms with E-state index in [1.807, 2.05) is 6.92 Å². The maximum Gasteiger partial charge on any atom is 0.264 e. The molecule has 1 aliphatic rings. The maximum absolute atomic E-state index is 14.2. The molecule has 0 radical (unpaired) electrons. The number of hydrogen-bond acceptors (Lipinski definition) is 5. The number of carbonyl (C=O) groups is 2. The van der Waals surface area contributed by atoms with Crippen molar-refractivity contribution in [2.45, 2.75) is 62.6 Å². The molecule has 11 heteroatoms. The minimum atomic E-state index is -4.18. The highest BCUT2D eigenvalue weighted by atomic mass is 35.5. The third kappa shape index (κ3) is 7.56. The van der Waals surface area contributed by atoms with Crippen molar-refractivity contribution in [2.24, 2.45) is 0 Å². The van der Waals surface area contributed by atoms with Gasteiger partial charge in [0.25, 0.3) is 10.0 Å². The summed E-state index contributed by atoms with van der Waals surface area (Å²) in [7, 11) is -2.70. The van der Waals surface area contributed by atoms with Crippen LogP contribution in [-0.4, -0.2) is 50.9 Å². The molecule has 0 heterocycles. The number of benzene rings is 3. The normalized spacial score (nSPS) is 14.3. The molecule has 8 nitrogen and oxygen atoms in total. The van der Waals surface area contributed by atoms with E-state index >= 15 is 0 Å². The zero-order chi connectivity index (χ0) is 30.3. The Balaban J connectivity index is 1.74. The highest BCUT2D eigenvalue weighted by Gasteiger charge is 2.35. The number of anilines is 1. The van der Waals surface area contributed by atoms with E-state index < -0.39 is 28.5 Å². The summed E-state index contributed by atoms with van der Waals surface area (Å²) in [6, 6.07) is 18.5. The lowest BCUT2D eigenvalue weighted by molar-refractivity contribution is -0.140. The largest absolute Gasteiger partial charge is 0.497 e. The van der Waals surface area contributed by atoms with Crippen molar-refractivity contribution >= 4 is 50.7 Å². The predicted molar refractivity (Wildman–Crippen MR) is 165 cm³/mol. The van der Waals surface area contributed by atoms with E-state index in [1.54, 1.807) is 60.7 Å². The summed E-state index contributed by atoms with van der Waals surface area (Å²) >= 11 is 12.6. The Kier molecular flexibility index (Phi) is 10.8. The van der Waals surface area contributed by atoms with Gasteiger partial charge < -0.3 is 15.0 Å². The van der Waals surface area contributed by atoms with Gasteiger partial charge in [0, 0.05) is 28.7 Å². The number of halogens is 2. The molecule has 3 aromatic rings. The lowest BCUT2D eigenvalue weighted by Crippen LogP contribution is -2.53. The van der Waals surface area contributed by atoms with Crippen LogP contribution in [-0.2, 0) is 26.2 Å². The van der Waals surface area contributed by atoms with Gasteiger partial charge in [0.15, 0.2) is 0 Å². The third-order valence-electron chi connectivity index (χ3n) is 7.39. The van der Waals surface area contributed by atoms with Crippen LogP contribution < -0.4 is 14.4 Å². The number of ether oxygens (including phenoxy) is 1. The van der Waals surface area contributed by atoms with Crippen molar-refractivity contribution in [3.8, 4) is 5.75 Å². The highest BCUT2D eigenvalue weighted by molar-refractivity contribution is 7.92. The molecule has 3 aromatic carbocycles. The zero-order valence-corrected chi connectivity index (χ0v) is 26.0. The third-order valence-corrected chi connectivity index (χ3v) is 9.77. The molecular weight excluding hydrogens is 597 g/mol. The summed E-state index contributed by atoms with van der Waals surface area (Å²) in [4.78, 5) is 29.2. The lowest BCUT2D eigenvalue weighted by Gasteiger charge is -2.34. The minimum Gasteiger partial charge on any atom is -0.497 e. The second-order valence-corrected chi connectivity index (χ2v) is 12.9. The van der Waals surface area contributed by atoms with E-state index in [9.17, 15) is 18.0 Å². The van der Waals surface area contributed by atoms with Crippen LogP contribution in [0.5, 0.6) is 5.75 Å². The second kappa shape index (κ2) is 14.3. The van der Waals surface area contributed by atoms with E-state index in [1.165, 1.54) is 24.1 Å². The first kappa shape index (κ1) is 31.7. The topological polar surface area (TPSA) is 96.0 Å². The molecule has 0 saturated heterocycles. The van der Waals surface area contributed by atoms with Gasteiger partial charge in [-0.15, -0.1) is 0 Å². The van der Waals surface area contributed by atoms with E-state index in [0.29, 0.717) is 27.8 Å². The summed E-state index contributed by atoms with van der Waals surface area (Å²) in [6.45, 7) is 1.26. The average Bonchev–Trinajstić information content (AvgIpc) is 3.50. The Morgan fingerprint density at radius 1 is 1.00 bits per heavy atom. The summed E-state index contributed by atoms with van der Waals surface area (Å²) in [5.41, 5.74) is 0.833. The van der Waals surface area contributed by atoms with Crippen molar-refractivity contribution in [3.63, 3.8) is 0 Å². The molecule has 4 rings (SSSR count). The quantitative estimate of drug-likeness (QED) is 0.262. The van der Waals surface area contributed by atoms with E-state index in [0.717, 1.165) is 30.0 Å². The van der Waals surface area contributed by atoms with Crippen LogP contribution in [0.1, 0.15) is 44.6 Å². The second-order valence-electron chi connectivity index (χ2n) is 10.2. The Bertz CT molecular complexity index is 1500. The molecule has 2 amide bonds. The van der Waals surface area contributed by atoms with Gasteiger partial charge in [0.2, 0.25) is 11.8 Å². The molecule has 0 bridgehead atoms. The summed E-state index contributed by atoms with van der Waals surface area (Å²) in [6.07, 6.45) is 4.17. The van der Waals surface area contributed by atoms with Crippen LogP contribution in [0.2, 0.25) is 10.0 Å². The Morgan fingerprint density at radius 2 is 1.71 bits per heavy atom.